The number of methoxy groups -OCH3 is 1. The first-order chi connectivity index (χ1) is 15.9. The van der Waals surface area contributed by atoms with Gasteiger partial charge in [-0.2, -0.15) is 5.10 Å². The molecule has 4 aromatic rings. The van der Waals surface area contributed by atoms with Gasteiger partial charge in [-0.25, -0.2) is 9.48 Å². The van der Waals surface area contributed by atoms with E-state index in [1.165, 1.54) is 7.11 Å². The van der Waals surface area contributed by atoms with Gasteiger partial charge in [0.25, 0.3) is 5.91 Å². The second-order valence-electron chi connectivity index (χ2n) is 7.08. The Kier molecular flexibility index (Phi) is 6.46. The minimum absolute atomic E-state index is 0.195. The molecule has 9 heteroatoms. The van der Waals surface area contributed by atoms with E-state index in [0.717, 1.165) is 11.3 Å². The van der Waals surface area contributed by atoms with Gasteiger partial charge in [0.15, 0.2) is 18.1 Å². The van der Waals surface area contributed by atoms with Gasteiger partial charge in [-0.3, -0.25) is 4.79 Å². The number of hydrogen-bond acceptors (Lipinski definition) is 6. The first-order valence-corrected chi connectivity index (χ1v) is 10.3. The van der Waals surface area contributed by atoms with E-state index in [9.17, 15) is 9.59 Å². The number of esters is 1. The predicted octanol–water partition coefficient (Wildman–Crippen LogP) is 4.90. The molecule has 0 bridgehead atoms. The van der Waals surface area contributed by atoms with Gasteiger partial charge < -0.3 is 19.2 Å². The van der Waals surface area contributed by atoms with Crippen LogP contribution in [0.25, 0.3) is 17.1 Å². The molecule has 0 unspecified atom stereocenters. The topological polar surface area (TPSA) is 95.6 Å². The fourth-order valence-corrected chi connectivity index (χ4v) is 3.25. The van der Waals surface area contributed by atoms with Gasteiger partial charge in [0, 0.05) is 16.8 Å². The lowest BCUT2D eigenvalue weighted by Gasteiger charge is -2.10. The molecule has 0 fully saturated rings. The van der Waals surface area contributed by atoms with Gasteiger partial charge in [-0.1, -0.05) is 11.6 Å². The summed E-state index contributed by atoms with van der Waals surface area (Å²) in [4.78, 5) is 24.2. The van der Waals surface area contributed by atoms with Gasteiger partial charge in [0.1, 0.15) is 11.4 Å². The number of anilines is 1. The van der Waals surface area contributed by atoms with E-state index in [2.05, 4.69) is 15.2 Å². The van der Waals surface area contributed by atoms with E-state index in [1.807, 2.05) is 6.92 Å². The molecule has 0 radical (unpaired) electrons. The summed E-state index contributed by atoms with van der Waals surface area (Å²) in [7, 11) is 1.29. The SMILES string of the molecule is COC(=O)COc1ccc(NC(=O)c2cc(-c3ccco3)n(-c3ccc(Cl)cc3)n2)c(C)c1. The van der Waals surface area contributed by atoms with Crippen LogP contribution in [0.5, 0.6) is 5.75 Å². The van der Waals surface area contributed by atoms with Crippen molar-refractivity contribution in [2.75, 3.05) is 19.0 Å². The van der Waals surface area contributed by atoms with Crippen LogP contribution < -0.4 is 10.1 Å². The molecule has 0 atom stereocenters. The molecular formula is C24H20ClN3O5. The van der Waals surface area contributed by atoms with Crippen LogP contribution in [0, 0.1) is 6.92 Å². The monoisotopic (exact) mass is 465 g/mol. The van der Waals surface area contributed by atoms with Crippen molar-refractivity contribution in [3.8, 4) is 22.9 Å². The molecule has 0 aliphatic rings. The third-order valence-corrected chi connectivity index (χ3v) is 5.07. The lowest BCUT2D eigenvalue weighted by Crippen LogP contribution is -2.15. The Labute approximate surface area is 194 Å². The Balaban J connectivity index is 1.58. The Morgan fingerprint density at radius 1 is 1.12 bits per heavy atom. The van der Waals surface area contributed by atoms with E-state index < -0.39 is 5.97 Å². The second-order valence-corrected chi connectivity index (χ2v) is 7.51. The summed E-state index contributed by atoms with van der Waals surface area (Å²) < 4.78 is 17.1. The fraction of sp³-hybridized carbons (Fsp3) is 0.125. The number of rotatable bonds is 7. The Bertz CT molecular complexity index is 1280. The average molecular weight is 466 g/mol. The highest BCUT2D eigenvalue weighted by atomic mass is 35.5. The molecule has 0 aliphatic heterocycles. The zero-order valence-electron chi connectivity index (χ0n) is 17.9. The maximum Gasteiger partial charge on any atom is 0.343 e. The van der Waals surface area contributed by atoms with Crippen LogP contribution in [0.1, 0.15) is 16.1 Å². The van der Waals surface area contributed by atoms with Crippen molar-refractivity contribution < 1.29 is 23.5 Å². The number of hydrogen-bond donors (Lipinski definition) is 1. The number of furan rings is 1. The normalized spacial score (nSPS) is 10.6. The van der Waals surface area contributed by atoms with Gasteiger partial charge in [-0.15, -0.1) is 0 Å². The number of carbonyl (C=O) groups is 2. The number of aromatic nitrogens is 2. The van der Waals surface area contributed by atoms with E-state index >= 15 is 0 Å². The third-order valence-electron chi connectivity index (χ3n) is 4.82. The van der Waals surface area contributed by atoms with E-state index in [4.69, 9.17) is 20.8 Å². The van der Waals surface area contributed by atoms with Crippen LogP contribution in [-0.4, -0.2) is 35.4 Å². The smallest absolute Gasteiger partial charge is 0.343 e. The third kappa shape index (κ3) is 5.07. The van der Waals surface area contributed by atoms with Crippen molar-refractivity contribution in [3.63, 3.8) is 0 Å². The summed E-state index contributed by atoms with van der Waals surface area (Å²) in [6.45, 7) is 1.63. The average Bonchev–Trinajstić information content (AvgIpc) is 3.49. The van der Waals surface area contributed by atoms with E-state index in [1.54, 1.807) is 71.6 Å². The highest BCUT2D eigenvalue weighted by Crippen LogP contribution is 2.27. The van der Waals surface area contributed by atoms with E-state index in [0.29, 0.717) is 27.9 Å². The molecule has 0 aliphatic carbocycles. The largest absolute Gasteiger partial charge is 0.482 e. The van der Waals surface area contributed by atoms with Crippen molar-refractivity contribution in [3.05, 3.63) is 83.2 Å². The summed E-state index contributed by atoms with van der Waals surface area (Å²) in [6.07, 6.45) is 1.56. The first-order valence-electron chi connectivity index (χ1n) is 9.96. The maximum absolute atomic E-state index is 13.0. The van der Waals surface area contributed by atoms with Crippen molar-refractivity contribution in [1.29, 1.82) is 0 Å². The highest BCUT2D eigenvalue weighted by Gasteiger charge is 2.19. The molecule has 168 valence electrons. The molecule has 2 aromatic heterocycles. The number of amides is 1. The van der Waals surface area contributed by atoms with Gasteiger partial charge >= 0.3 is 5.97 Å². The van der Waals surface area contributed by atoms with Crippen LogP contribution in [0.4, 0.5) is 5.69 Å². The minimum Gasteiger partial charge on any atom is -0.482 e. The lowest BCUT2D eigenvalue weighted by molar-refractivity contribution is -0.142. The summed E-state index contributed by atoms with van der Waals surface area (Å²) in [6, 6.07) is 17.4. The zero-order chi connectivity index (χ0) is 23.4. The predicted molar refractivity (Wildman–Crippen MR) is 123 cm³/mol. The maximum atomic E-state index is 13.0. The number of benzene rings is 2. The molecule has 2 heterocycles. The summed E-state index contributed by atoms with van der Waals surface area (Å²) in [5.74, 6) is 0.193. The molecule has 33 heavy (non-hydrogen) atoms. The molecule has 1 N–H and O–H groups in total. The molecule has 0 saturated heterocycles. The molecule has 8 nitrogen and oxygen atoms in total. The summed E-state index contributed by atoms with van der Waals surface area (Å²) in [5.41, 5.74) is 2.91. The Morgan fingerprint density at radius 2 is 1.91 bits per heavy atom. The standard InChI is InChI=1S/C24H20ClN3O5/c1-15-12-18(33-14-23(29)31-2)9-10-19(15)26-24(30)20-13-21(22-4-3-11-32-22)28(27-20)17-7-5-16(25)6-8-17/h3-13H,14H2,1-2H3,(H,26,30). The number of nitrogens with one attached hydrogen (secondary N) is 1. The van der Waals surface area contributed by atoms with Crippen molar-refractivity contribution in [2.24, 2.45) is 0 Å². The molecule has 4 rings (SSSR count). The van der Waals surface area contributed by atoms with Crippen LogP contribution in [0.15, 0.2) is 71.3 Å². The molecule has 0 spiro atoms. The van der Waals surface area contributed by atoms with Gasteiger partial charge in [0.05, 0.1) is 19.1 Å². The van der Waals surface area contributed by atoms with Crippen molar-refractivity contribution in [1.82, 2.24) is 9.78 Å². The summed E-state index contributed by atoms with van der Waals surface area (Å²) >= 11 is 6.01. The Hall–Kier alpha value is -4.04. The molecule has 2 aromatic carbocycles. The number of aryl methyl sites for hydroxylation is 1. The lowest BCUT2D eigenvalue weighted by atomic mass is 10.2. The van der Waals surface area contributed by atoms with Gasteiger partial charge in [-0.05, 0) is 67.1 Å². The molecule has 0 saturated carbocycles. The Morgan fingerprint density at radius 3 is 2.58 bits per heavy atom. The molecular weight excluding hydrogens is 446 g/mol. The summed E-state index contributed by atoms with van der Waals surface area (Å²) in [5, 5.41) is 7.95. The number of carbonyl (C=O) groups excluding carboxylic acids is 2. The fourth-order valence-electron chi connectivity index (χ4n) is 3.12. The quantitative estimate of drug-likeness (QED) is 0.390. The van der Waals surface area contributed by atoms with E-state index in [-0.39, 0.29) is 18.2 Å². The van der Waals surface area contributed by atoms with Crippen molar-refractivity contribution in [2.45, 2.75) is 6.92 Å². The number of ether oxygens (including phenoxy) is 2. The first kappa shape index (κ1) is 22.2. The highest BCUT2D eigenvalue weighted by molar-refractivity contribution is 6.30. The van der Waals surface area contributed by atoms with Crippen molar-refractivity contribution >= 4 is 29.2 Å². The van der Waals surface area contributed by atoms with Crippen LogP contribution in [0.3, 0.4) is 0 Å². The second kappa shape index (κ2) is 9.62. The zero-order valence-corrected chi connectivity index (χ0v) is 18.6. The van der Waals surface area contributed by atoms with Crippen LogP contribution in [0.2, 0.25) is 5.02 Å². The van der Waals surface area contributed by atoms with Gasteiger partial charge in [0.2, 0.25) is 0 Å². The van der Waals surface area contributed by atoms with Crippen LogP contribution >= 0.6 is 11.6 Å². The number of nitrogens with zero attached hydrogens (tertiary/aromatic N) is 2. The number of halogens is 1. The van der Waals surface area contributed by atoms with Crippen LogP contribution in [-0.2, 0) is 9.53 Å². The molecule has 1 amide bonds. The minimum atomic E-state index is -0.478.